The second-order valence-electron chi connectivity index (χ2n) is 6.80. The standard InChI is InChI=1S/C19H20N2O3S/c1-13-7-9-15(10-8-13)21-17-12-25(23,24)11-16(17)20-18(19(21)22)14-5-3-2-4-6-14/h2-10,16-18,20H,11-12H2,1H3/t16-,17+,18+/m1/s1. The van der Waals surface area contributed by atoms with Gasteiger partial charge in [-0.15, -0.1) is 0 Å². The van der Waals surface area contributed by atoms with E-state index in [1.54, 1.807) is 4.90 Å². The number of carbonyl (C=O) groups excluding carboxylic acids is 1. The predicted molar refractivity (Wildman–Crippen MR) is 97.2 cm³/mol. The lowest BCUT2D eigenvalue weighted by Gasteiger charge is -2.41. The molecule has 0 spiro atoms. The number of fused-ring (bicyclic) bond motifs is 1. The van der Waals surface area contributed by atoms with Gasteiger partial charge in [0.25, 0.3) is 0 Å². The fourth-order valence-corrected chi connectivity index (χ4v) is 5.64. The second-order valence-corrected chi connectivity index (χ2v) is 8.96. The first-order valence-corrected chi connectivity index (χ1v) is 10.2. The fraction of sp³-hybridized carbons (Fsp3) is 0.316. The van der Waals surface area contributed by atoms with Crippen LogP contribution in [0.2, 0.25) is 0 Å². The van der Waals surface area contributed by atoms with Gasteiger partial charge in [-0.2, -0.15) is 0 Å². The van der Waals surface area contributed by atoms with Crippen molar-refractivity contribution in [1.82, 2.24) is 5.32 Å². The van der Waals surface area contributed by atoms with Gasteiger partial charge in [0.05, 0.1) is 17.5 Å². The van der Waals surface area contributed by atoms with Crippen molar-refractivity contribution in [2.45, 2.75) is 25.0 Å². The van der Waals surface area contributed by atoms with Crippen molar-refractivity contribution < 1.29 is 13.2 Å². The topological polar surface area (TPSA) is 66.5 Å². The van der Waals surface area contributed by atoms with Crippen molar-refractivity contribution in [2.24, 2.45) is 0 Å². The molecule has 6 heteroatoms. The highest BCUT2D eigenvalue weighted by atomic mass is 32.2. The van der Waals surface area contributed by atoms with E-state index in [0.29, 0.717) is 0 Å². The molecule has 2 fully saturated rings. The highest BCUT2D eigenvalue weighted by molar-refractivity contribution is 7.91. The molecule has 2 saturated heterocycles. The normalized spacial score (nSPS) is 28.0. The van der Waals surface area contributed by atoms with Crippen LogP contribution in [0.25, 0.3) is 0 Å². The second kappa shape index (κ2) is 5.97. The number of rotatable bonds is 2. The first-order valence-electron chi connectivity index (χ1n) is 8.36. The van der Waals surface area contributed by atoms with Crippen molar-refractivity contribution in [3.8, 4) is 0 Å². The van der Waals surface area contributed by atoms with Gasteiger partial charge in [-0.25, -0.2) is 8.42 Å². The number of nitrogens with zero attached hydrogens (tertiary/aromatic N) is 1. The van der Waals surface area contributed by atoms with E-state index in [9.17, 15) is 13.2 Å². The van der Waals surface area contributed by atoms with E-state index in [2.05, 4.69) is 5.32 Å². The highest BCUT2D eigenvalue weighted by Crippen LogP contribution is 2.33. The molecule has 1 amide bonds. The van der Waals surface area contributed by atoms with Crippen LogP contribution in [0.4, 0.5) is 5.69 Å². The Kier molecular flexibility index (Phi) is 3.89. The van der Waals surface area contributed by atoms with Crippen LogP contribution in [0.1, 0.15) is 17.2 Å². The number of anilines is 1. The Labute approximate surface area is 147 Å². The molecule has 5 nitrogen and oxygen atoms in total. The molecule has 3 atom stereocenters. The number of nitrogens with one attached hydrogen (secondary N) is 1. The maximum absolute atomic E-state index is 13.2. The summed E-state index contributed by atoms with van der Waals surface area (Å²) in [6.45, 7) is 1.99. The highest BCUT2D eigenvalue weighted by Gasteiger charge is 2.49. The van der Waals surface area contributed by atoms with Crippen LogP contribution >= 0.6 is 0 Å². The quantitative estimate of drug-likeness (QED) is 0.892. The minimum Gasteiger partial charge on any atom is -0.305 e. The summed E-state index contributed by atoms with van der Waals surface area (Å²) in [5.74, 6) is -0.0315. The molecule has 2 aromatic carbocycles. The number of carbonyl (C=O) groups is 1. The van der Waals surface area contributed by atoms with Gasteiger partial charge in [-0.1, -0.05) is 48.0 Å². The van der Waals surface area contributed by atoms with Crippen LogP contribution in [0.15, 0.2) is 54.6 Å². The van der Waals surface area contributed by atoms with Crippen molar-refractivity contribution in [1.29, 1.82) is 0 Å². The number of amides is 1. The lowest BCUT2D eigenvalue weighted by atomic mass is 9.96. The van der Waals surface area contributed by atoms with E-state index in [4.69, 9.17) is 0 Å². The van der Waals surface area contributed by atoms with Crippen molar-refractivity contribution in [3.05, 3.63) is 65.7 Å². The summed E-state index contributed by atoms with van der Waals surface area (Å²) >= 11 is 0. The Morgan fingerprint density at radius 1 is 1.00 bits per heavy atom. The molecule has 0 aliphatic carbocycles. The Morgan fingerprint density at radius 3 is 2.36 bits per heavy atom. The summed E-state index contributed by atoms with van der Waals surface area (Å²) in [7, 11) is -3.16. The smallest absolute Gasteiger partial charge is 0.249 e. The summed E-state index contributed by atoms with van der Waals surface area (Å²) in [4.78, 5) is 14.9. The SMILES string of the molecule is Cc1ccc(N2C(=O)[C@H](c3ccccc3)N[C@@H]3CS(=O)(=O)C[C@@H]32)cc1. The largest absolute Gasteiger partial charge is 0.305 e. The Morgan fingerprint density at radius 2 is 1.68 bits per heavy atom. The number of hydrogen-bond donors (Lipinski definition) is 1. The Hall–Kier alpha value is -2.18. The average molecular weight is 356 g/mol. The molecule has 0 bridgehead atoms. The maximum atomic E-state index is 13.2. The zero-order valence-electron chi connectivity index (χ0n) is 13.9. The minimum absolute atomic E-state index is 0.00575. The van der Waals surface area contributed by atoms with E-state index in [1.807, 2.05) is 61.5 Å². The van der Waals surface area contributed by atoms with E-state index in [0.717, 1.165) is 16.8 Å². The maximum Gasteiger partial charge on any atom is 0.249 e. The monoisotopic (exact) mass is 356 g/mol. The van der Waals surface area contributed by atoms with Gasteiger partial charge in [0.1, 0.15) is 6.04 Å². The molecule has 2 aliphatic rings. The van der Waals surface area contributed by atoms with Gasteiger partial charge in [0.15, 0.2) is 9.84 Å². The molecular formula is C19H20N2O3S. The Balaban J connectivity index is 1.78. The van der Waals surface area contributed by atoms with Gasteiger partial charge in [0, 0.05) is 11.7 Å². The summed E-state index contributed by atoms with van der Waals surface area (Å²) in [6.07, 6.45) is 0. The number of piperazine rings is 1. The van der Waals surface area contributed by atoms with Crippen LogP contribution in [0.3, 0.4) is 0 Å². The van der Waals surface area contributed by atoms with Gasteiger partial charge >= 0.3 is 0 Å². The van der Waals surface area contributed by atoms with E-state index >= 15 is 0 Å². The van der Waals surface area contributed by atoms with Crippen molar-refractivity contribution in [2.75, 3.05) is 16.4 Å². The van der Waals surface area contributed by atoms with Gasteiger partial charge in [0.2, 0.25) is 5.91 Å². The molecular weight excluding hydrogens is 336 g/mol. The number of aryl methyl sites for hydroxylation is 1. The molecule has 0 unspecified atom stereocenters. The van der Waals surface area contributed by atoms with Crippen molar-refractivity contribution >= 4 is 21.4 Å². The fourth-order valence-electron chi connectivity index (χ4n) is 3.74. The molecule has 4 rings (SSSR count). The average Bonchev–Trinajstić information content (AvgIpc) is 2.90. The molecule has 0 aromatic heterocycles. The number of hydrogen-bond acceptors (Lipinski definition) is 4. The third-order valence-corrected chi connectivity index (χ3v) is 6.68. The van der Waals surface area contributed by atoms with Crippen LogP contribution in [-0.2, 0) is 14.6 Å². The molecule has 0 saturated carbocycles. The molecule has 25 heavy (non-hydrogen) atoms. The molecule has 2 aromatic rings. The van der Waals surface area contributed by atoms with Crippen LogP contribution in [0, 0.1) is 6.92 Å². The van der Waals surface area contributed by atoms with Gasteiger partial charge in [-0.3, -0.25) is 10.1 Å². The van der Waals surface area contributed by atoms with E-state index in [1.165, 1.54) is 0 Å². The molecule has 130 valence electrons. The Bertz CT molecular complexity index is 894. The van der Waals surface area contributed by atoms with Crippen LogP contribution in [-0.4, -0.2) is 37.9 Å². The third-order valence-electron chi connectivity index (χ3n) is 4.96. The predicted octanol–water partition coefficient (Wildman–Crippen LogP) is 1.84. The number of benzene rings is 2. The zero-order valence-corrected chi connectivity index (χ0v) is 14.7. The molecule has 2 heterocycles. The van der Waals surface area contributed by atoms with Crippen LogP contribution in [0.5, 0.6) is 0 Å². The molecule has 0 radical (unpaired) electrons. The molecule has 1 N–H and O–H groups in total. The third kappa shape index (κ3) is 2.96. The van der Waals surface area contributed by atoms with Crippen molar-refractivity contribution in [3.63, 3.8) is 0 Å². The summed E-state index contributed by atoms with van der Waals surface area (Å²) < 4.78 is 24.4. The number of sulfone groups is 1. The van der Waals surface area contributed by atoms with Gasteiger partial charge < -0.3 is 4.90 Å². The first kappa shape index (κ1) is 16.3. The lowest BCUT2D eigenvalue weighted by Crippen LogP contribution is -2.61. The summed E-state index contributed by atoms with van der Waals surface area (Å²) in [5.41, 5.74) is 2.71. The van der Waals surface area contributed by atoms with E-state index in [-0.39, 0.29) is 29.5 Å². The minimum atomic E-state index is -3.16. The lowest BCUT2D eigenvalue weighted by molar-refractivity contribution is -0.122. The zero-order chi connectivity index (χ0) is 17.6. The summed E-state index contributed by atoms with van der Waals surface area (Å²) in [6, 6.07) is 16.0. The van der Waals surface area contributed by atoms with Crippen LogP contribution < -0.4 is 10.2 Å². The van der Waals surface area contributed by atoms with E-state index < -0.39 is 15.9 Å². The van der Waals surface area contributed by atoms with Gasteiger partial charge in [-0.05, 0) is 24.6 Å². The summed E-state index contributed by atoms with van der Waals surface area (Å²) in [5, 5.41) is 3.28. The first-order chi connectivity index (χ1) is 11.9. The molecule has 2 aliphatic heterocycles.